The van der Waals surface area contributed by atoms with Gasteiger partial charge in [0.05, 0.1) is 18.8 Å². The van der Waals surface area contributed by atoms with Crippen LogP contribution in [0.4, 0.5) is 5.69 Å². The number of morpholine rings is 1. The van der Waals surface area contributed by atoms with Gasteiger partial charge in [0, 0.05) is 45.0 Å². The molecule has 0 spiro atoms. The monoisotopic (exact) mass is 346 g/mol. The molecule has 6 nitrogen and oxygen atoms in total. The predicted molar refractivity (Wildman–Crippen MR) is 98.9 cm³/mol. The minimum absolute atomic E-state index is 0.136. The molecule has 6 heteroatoms. The van der Waals surface area contributed by atoms with Crippen molar-refractivity contribution < 1.29 is 9.53 Å². The summed E-state index contributed by atoms with van der Waals surface area (Å²) in [6.45, 7) is 7.02. The first-order chi connectivity index (χ1) is 12.0. The van der Waals surface area contributed by atoms with E-state index in [2.05, 4.69) is 26.9 Å². The second-order valence-electron chi connectivity index (χ2n) is 7.28. The van der Waals surface area contributed by atoms with Gasteiger partial charge >= 0.3 is 0 Å². The maximum Gasteiger partial charge on any atom is 0.224 e. The highest BCUT2D eigenvalue weighted by Gasteiger charge is 2.27. The van der Waals surface area contributed by atoms with Crippen molar-refractivity contribution in [3.05, 3.63) is 23.5 Å². The number of ether oxygens (including phenoxy) is 1. The number of amides is 1. The first-order valence-corrected chi connectivity index (χ1v) is 9.30. The lowest BCUT2D eigenvalue weighted by Crippen LogP contribution is -2.43. The van der Waals surface area contributed by atoms with Crippen molar-refractivity contribution >= 4 is 11.6 Å². The zero-order valence-electron chi connectivity index (χ0n) is 15.7. The van der Waals surface area contributed by atoms with E-state index < -0.39 is 0 Å². The summed E-state index contributed by atoms with van der Waals surface area (Å²) in [6, 6.07) is 4.13. The molecule has 0 aromatic carbocycles. The molecule has 1 aromatic rings. The highest BCUT2D eigenvalue weighted by Crippen LogP contribution is 2.25. The number of carbonyl (C=O) groups is 1. The number of rotatable bonds is 5. The number of aromatic nitrogens is 1. The van der Waals surface area contributed by atoms with E-state index in [1.165, 1.54) is 12.8 Å². The first kappa shape index (κ1) is 18.1. The Labute approximate surface area is 150 Å². The molecule has 0 radical (unpaired) electrons. The molecule has 2 fully saturated rings. The Balaban J connectivity index is 1.61. The fourth-order valence-corrected chi connectivity index (χ4v) is 3.57. The number of likely N-dealkylation sites (tertiary alicyclic amines) is 1. The molecule has 3 heterocycles. The van der Waals surface area contributed by atoms with Crippen LogP contribution in [-0.4, -0.2) is 74.1 Å². The number of pyridine rings is 1. The lowest BCUT2D eigenvalue weighted by Gasteiger charge is -2.33. The summed E-state index contributed by atoms with van der Waals surface area (Å²) in [5.41, 5.74) is 3.01. The number of carbonyl (C=O) groups excluding carboxylic acids is 1. The number of hydrogen-bond acceptors (Lipinski definition) is 5. The van der Waals surface area contributed by atoms with Gasteiger partial charge in [0.25, 0.3) is 0 Å². The van der Waals surface area contributed by atoms with Gasteiger partial charge in [-0.2, -0.15) is 0 Å². The summed E-state index contributed by atoms with van der Waals surface area (Å²) in [5.74, 6) is 0.237. The van der Waals surface area contributed by atoms with Crippen LogP contribution in [0.5, 0.6) is 0 Å². The number of hydrogen-bond donors (Lipinski definition) is 0. The third-order valence-corrected chi connectivity index (χ3v) is 5.06. The Morgan fingerprint density at radius 1 is 1.28 bits per heavy atom. The van der Waals surface area contributed by atoms with Gasteiger partial charge in [0.15, 0.2) is 0 Å². The summed E-state index contributed by atoms with van der Waals surface area (Å²) in [5, 5.41) is 0. The molecule has 1 aromatic heterocycles. The molecule has 2 saturated heterocycles. The van der Waals surface area contributed by atoms with Gasteiger partial charge in [0.2, 0.25) is 5.91 Å². The van der Waals surface area contributed by atoms with Crippen molar-refractivity contribution in [1.29, 1.82) is 0 Å². The molecule has 0 unspecified atom stereocenters. The van der Waals surface area contributed by atoms with Gasteiger partial charge in [-0.3, -0.25) is 9.78 Å². The van der Waals surface area contributed by atoms with E-state index in [0.29, 0.717) is 26.1 Å². The summed E-state index contributed by atoms with van der Waals surface area (Å²) in [6.07, 6.45) is 3.00. The highest BCUT2D eigenvalue weighted by atomic mass is 16.5. The Morgan fingerprint density at radius 3 is 2.76 bits per heavy atom. The van der Waals surface area contributed by atoms with Crippen LogP contribution in [0.25, 0.3) is 0 Å². The van der Waals surface area contributed by atoms with Crippen LogP contribution in [0.3, 0.4) is 0 Å². The molecule has 0 N–H and O–H groups in total. The van der Waals surface area contributed by atoms with Gasteiger partial charge < -0.3 is 19.4 Å². The lowest BCUT2D eigenvalue weighted by molar-refractivity contribution is -0.139. The van der Waals surface area contributed by atoms with Gasteiger partial charge in [-0.1, -0.05) is 0 Å². The van der Waals surface area contributed by atoms with Crippen LogP contribution in [0.2, 0.25) is 0 Å². The molecule has 25 heavy (non-hydrogen) atoms. The van der Waals surface area contributed by atoms with Crippen molar-refractivity contribution in [2.45, 2.75) is 32.3 Å². The third kappa shape index (κ3) is 4.70. The normalized spacial score (nSPS) is 21.6. The number of nitrogens with zero attached hydrogens (tertiary/aromatic N) is 4. The summed E-state index contributed by atoms with van der Waals surface area (Å²) in [7, 11) is 4.04. The predicted octanol–water partition coefficient (Wildman–Crippen LogP) is 1.84. The van der Waals surface area contributed by atoms with Gasteiger partial charge in [-0.15, -0.1) is 0 Å². The van der Waals surface area contributed by atoms with Crippen LogP contribution >= 0.6 is 0 Å². The van der Waals surface area contributed by atoms with Crippen molar-refractivity contribution in [1.82, 2.24) is 14.8 Å². The standard InChI is InChI=1S/C19H30N4O2/c1-15-12-16(21(2)3)13-17(20-15)18-14-23(10-11-25-18)19(24)6-9-22-7-4-5-8-22/h12-13,18H,4-11,14H2,1-3H3/t18-/m1/s1. The minimum atomic E-state index is -0.136. The Bertz CT molecular complexity index is 599. The van der Waals surface area contributed by atoms with E-state index >= 15 is 0 Å². The highest BCUT2D eigenvalue weighted by molar-refractivity contribution is 5.76. The fourth-order valence-electron chi connectivity index (χ4n) is 3.57. The van der Waals surface area contributed by atoms with E-state index in [1.807, 2.05) is 25.9 Å². The van der Waals surface area contributed by atoms with Gasteiger partial charge in [-0.25, -0.2) is 0 Å². The molecule has 2 aliphatic heterocycles. The van der Waals surface area contributed by atoms with E-state index in [0.717, 1.165) is 36.7 Å². The molecule has 1 amide bonds. The number of aryl methyl sites for hydroxylation is 1. The molecule has 2 aliphatic rings. The SMILES string of the molecule is Cc1cc(N(C)C)cc([C@H]2CN(C(=O)CCN3CCCC3)CCO2)n1. The second-order valence-corrected chi connectivity index (χ2v) is 7.28. The van der Waals surface area contributed by atoms with E-state index in [9.17, 15) is 4.79 Å². The zero-order valence-corrected chi connectivity index (χ0v) is 15.7. The zero-order chi connectivity index (χ0) is 17.8. The van der Waals surface area contributed by atoms with E-state index in [1.54, 1.807) is 0 Å². The van der Waals surface area contributed by atoms with Gasteiger partial charge in [0.1, 0.15) is 6.10 Å². The molecular formula is C19H30N4O2. The van der Waals surface area contributed by atoms with Crippen LogP contribution in [0.15, 0.2) is 12.1 Å². The summed E-state index contributed by atoms with van der Waals surface area (Å²) in [4.78, 5) is 23.6. The largest absolute Gasteiger partial charge is 0.378 e. The van der Waals surface area contributed by atoms with Gasteiger partial charge in [-0.05, 0) is 45.0 Å². The topological polar surface area (TPSA) is 48.9 Å². The van der Waals surface area contributed by atoms with Crippen LogP contribution < -0.4 is 4.90 Å². The number of anilines is 1. The molecular weight excluding hydrogens is 316 g/mol. The van der Waals surface area contributed by atoms with Crippen LogP contribution in [0.1, 0.15) is 36.8 Å². The van der Waals surface area contributed by atoms with Crippen molar-refractivity contribution in [3.63, 3.8) is 0 Å². The maximum absolute atomic E-state index is 12.6. The average Bonchev–Trinajstić information content (AvgIpc) is 3.12. The lowest BCUT2D eigenvalue weighted by atomic mass is 10.1. The fraction of sp³-hybridized carbons (Fsp3) is 0.684. The molecule has 0 bridgehead atoms. The minimum Gasteiger partial charge on any atom is -0.378 e. The molecule has 0 saturated carbocycles. The van der Waals surface area contributed by atoms with Crippen molar-refractivity contribution in [2.75, 3.05) is 58.3 Å². The Kier molecular flexibility index (Phi) is 5.91. The first-order valence-electron chi connectivity index (χ1n) is 9.30. The Hall–Kier alpha value is -1.66. The smallest absolute Gasteiger partial charge is 0.224 e. The quantitative estimate of drug-likeness (QED) is 0.814. The average molecular weight is 346 g/mol. The third-order valence-electron chi connectivity index (χ3n) is 5.06. The molecule has 0 aliphatic carbocycles. The Morgan fingerprint density at radius 2 is 2.04 bits per heavy atom. The molecule has 1 atom stereocenters. The van der Waals surface area contributed by atoms with Crippen LogP contribution in [-0.2, 0) is 9.53 Å². The second kappa shape index (κ2) is 8.15. The summed E-state index contributed by atoms with van der Waals surface area (Å²) < 4.78 is 5.93. The van der Waals surface area contributed by atoms with Crippen molar-refractivity contribution in [3.8, 4) is 0 Å². The van der Waals surface area contributed by atoms with E-state index in [4.69, 9.17) is 4.74 Å². The summed E-state index contributed by atoms with van der Waals surface area (Å²) >= 11 is 0. The molecule has 3 rings (SSSR count). The van der Waals surface area contributed by atoms with Crippen LogP contribution in [0, 0.1) is 6.92 Å². The van der Waals surface area contributed by atoms with E-state index in [-0.39, 0.29) is 12.0 Å². The molecule has 138 valence electrons. The van der Waals surface area contributed by atoms with Crippen molar-refractivity contribution in [2.24, 2.45) is 0 Å². The maximum atomic E-state index is 12.6.